The molecule has 0 bridgehead atoms. The van der Waals surface area contributed by atoms with Crippen LogP contribution in [0.1, 0.15) is 24.2 Å². The Morgan fingerprint density at radius 3 is 2.94 bits per heavy atom. The quantitative estimate of drug-likeness (QED) is 0.830. The fraction of sp³-hybridized carbons (Fsp3) is 0.364. The van der Waals surface area contributed by atoms with Crippen LogP contribution in [0.4, 0.5) is 0 Å². The van der Waals surface area contributed by atoms with E-state index in [9.17, 15) is 9.90 Å². The Morgan fingerprint density at radius 2 is 2.31 bits per heavy atom. The predicted octanol–water partition coefficient (Wildman–Crippen LogP) is 1.78. The van der Waals surface area contributed by atoms with Gasteiger partial charge in [0, 0.05) is 17.0 Å². The van der Waals surface area contributed by atoms with Crippen LogP contribution in [0.25, 0.3) is 0 Å². The molecular formula is C11H11ClO4. The molecule has 2 unspecified atom stereocenters. The third-order valence-electron chi connectivity index (χ3n) is 2.51. The number of aliphatic hydroxyl groups is 1. The summed E-state index contributed by atoms with van der Waals surface area (Å²) in [5.41, 5.74) is 1.06. The van der Waals surface area contributed by atoms with Crippen molar-refractivity contribution in [3.63, 3.8) is 0 Å². The molecule has 0 saturated heterocycles. The van der Waals surface area contributed by atoms with Gasteiger partial charge in [-0.2, -0.15) is 0 Å². The third-order valence-corrected chi connectivity index (χ3v) is 2.73. The molecule has 1 aromatic rings. The molecule has 1 aliphatic heterocycles. The maximum absolute atomic E-state index is 10.7. The lowest BCUT2D eigenvalue weighted by Crippen LogP contribution is -2.12. The van der Waals surface area contributed by atoms with E-state index in [0.717, 1.165) is 5.56 Å². The Bertz CT molecular complexity index is 444. The van der Waals surface area contributed by atoms with Crippen LogP contribution in [-0.4, -0.2) is 22.3 Å². The number of carboxylic acids is 1. The van der Waals surface area contributed by atoms with Crippen molar-refractivity contribution in [3.05, 3.63) is 28.3 Å². The average Bonchev–Trinajstić information content (AvgIpc) is 2.55. The minimum Gasteiger partial charge on any atom is -0.490 e. The summed E-state index contributed by atoms with van der Waals surface area (Å²) in [5.74, 6) is -0.862. The summed E-state index contributed by atoms with van der Waals surface area (Å²) in [6.07, 6.45) is -0.944. The van der Waals surface area contributed by atoms with Gasteiger partial charge in [-0.3, -0.25) is 0 Å². The molecule has 0 amide bonds. The minimum atomic E-state index is -1.60. The van der Waals surface area contributed by atoms with E-state index in [1.807, 2.05) is 6.92 Å². The number of carbonyl (C=O) groups is 1. The fourth-order valence-electron chi connectivity index (χ4n) is 1.86. The van der Waals surface area contributed by atoms with Crippen LogP contribution in [0.3, 0.4) is 0 Å². The number of hydrogen-bond donors (Lipinski definition) is 2. The summed E-state index contributed by atoms with van der Waals surface area (Å²) in [4.78, 5) is 10.7. The number of halogens is 1. The Balaban J connectivity index is 2.50. The summed E-state index contributed by atoms with van der Waals surface area (Å²) >= 11 is 5.87. The minimum absolute atomic E-state index is 0.0202. The van der Waals surface area contributed by atoms with Crippen LogP contribution < -0.4 is 4.74 Å². The molecule has 0 spiro atoms. The van der Waals surface area contributed by atoms with Crippen LogP contribution in [0.2, 0.25) is 5.02 Å². The molecule has 1 heterocycles. The normalized spacial score (nSPS) is 20.1. The second-order valence-electron chi connectivity index (χ2n) is 3.86. The van der Waals surface area contributed by atoms with Crippen LogP contribution in [0.15, 0.2) is 12.1 Å². The van der Waals surface area contributed by atoms with E-state index < -0.39 is 12.1 Å². The zero-order chi connectivity index (χ0) is 11.9. The molecule has 0 radical (unpaired) electrons. The molecule has 1 aromatic carbocycles. The molecule has 0 saturated carbocycles. The summed E-state index contributed by atoms with van der Waals surface area (Å²) < 4.78 is 5.48. The molecule has 2 N–H and O–H groups in total. The highest BCUT2D eigenvalue weighted by molar-refractivity contribution is 6.30. The molecule has 5 heteroatoms. The second kappa shape index (κ2) is 3.96. The molecule has 86 valence electrons. The number of carboxylic acid groups (broad SMARTS) is 1. The highest BCUT2D eigenvalue weighted by atomic mass is 35.5. The molecule has 2 rings (SSSR count). The van der Waals surface area contributed by atoms with Crippen LogP contribution in [0.5, 0.6) is 5.75 Å². The van der Waals surface area contributed by atoms with E-state index in [-0.39, 0.29) is 11.7 Å². The number of rotatable bonds is 2. The zero-order valence-electron chi connectivity index (χ0n) is 8.61. The number of hydrogen-bond acceptors (Lipinski definition) is 3. The first-order chi connectivity index (χ1) is 7.49. The van der Waals surface area contributed by atoms with Gasteiger partial charge in [0.25, 0.3) is 0 Å². The molecule has 16 heavy (non-hydrogen) atoms. The van der Waals surface area contributed by atoms with E-state index in [0.29, 0.717) is 17.2 Å². The lowest BCUT2D eigenvalue weighted by molar-refractivity contribution is -0.147. The number of ether oxygens (including phenoxy) is 1. The summed E-state index contributed by atoms with van der Waals surface area (Å²) in [6, 6.07) is 3.16. The highest BCUT2D eigenvalue weighted by Gasteiger charge is 2.28. The first kappa shape index (κ1) is 11.2. The Kier molecular flexibility index (Phi) is 2.78. The van der Waals surface area contributed by atoms with E-state index in [1.165, 1.54) is 6.07 Å². The smallest absolute Gasteiger partial charge is 0.337 e. The van der Waals surface area contributed by atoms with Crippen molar-refractivity contribution in [2.75, 3.05) is 0 Å². The number of benzene rings is 1. The van der Waals surface area contributed by atoms with Gasteiger partial charge in [0.05, 0.1) is 0 Å². The molecule has 0 fully saturated rings. The van der Waals surface area contributed by atoms with Crippen LogP contribution in [-0.2, 0) is 11.2 Å². The fourth-order valence-corrected chi connectivity index (χ4v) is 2.11. The molecule has 2 atom stereocenters. The van der Waals surface area contributed by atoms with Gasteiger partial charge in [-0.25, -0.2) is 4.79 Å². The molecule has 1 aliphatic rings. The largest absolute Gasteiger partial charge is 0.490 e. The van der Waals surface area contributed by atoms with Gasteiger partial charge in [-0.05, 0) is 24.6 Å². The van der Waals surface area contributed by atoms with Gasteiger partial charge < -0.3 is 14.9 Å². The van der Waals surface area contributed by atoms with Crippen molar-refractivity contribution < 1.29 is 19.7 Å². The van der Waals surface area contributed by atoms with Gasteiger partial charge in [-0.1, -0.05) is 11.6 Å². The topological polar surface area (TPSA) is 66.8 Å². The number of fused-ring (bicyclic) bond motifs is 1. The van der Waals surface area contributed by atoms with Gasteiger partial charge in [0.1, 0.15) is 11.9 Å². The molecule has 0 aromatic heterocycles. The summed E-state index contributed by atoms with van der Waals surface area (Å²) in [5, 5.41) is 18.7. The standard InChI is InChI=1S/C11H11ClO4/c1-5-2-6-3-7(12)4-8(10(6)16-5)9(13)11(14)15/h3-5,9,13H,2H2,1H3,(H,14,15). The lowest BCUT2D eigenvalue weighted by Gasteiger charge is -2.12. The number of aliphatic carboxylic acids is 1. The Hall–Kier alpha value is -1.26. The average molecular weight is 243 g/mol. The van der Waals surface area contributed by atoms with Crippen molar-refractivity contribution >= 4 is 17.6 Å². The summed E-state index contributed by atoms with van der Waals surface area (Å²) in [6.45, 7) is 1.88. The van der Waals surface area contributed by atoms with Gasteiger partial charge >= 0.3 is 5.97 Å². The predicted molar refractivity (Wildman–Crippen MR) is 57.8 cm³/mol. The SMILES string of the molecule is CC1Cc2cc(Cl)cc(C(O)C(=O)O)c2O1. The molecule has 0 aliphatic carbocycles. The number of aliphatic hydroxyl groups excluding tert-OH is 1. The first-order valence-electron chi connectivity index (χ1n) is 4.89. The van der Waals surface area contributed by atoms with Crippen molar-refractivity contribution in [2.24, 2.45) is 0 Å². The Labute approximate surface area is 97.4 Å². The highest BCUT2D eigenvalue weighted by Crippen LogP contribution is 2.38. The first-order valence-corrected chi connectivity index (χ1v) is 5.26. The van der Waals surface area contributed by atoms with Crippen molar-refractivity contribution in [2.45, 2.75) is 25.6 Å². The third kappa shape index (κ3) is 1.86. The van der Waals surface area contributed by atoms with E-state index in [1.54, 1.807) is 6.07 Å². The zero-order valence-corrected chi connectivity index (χ0v) is 9.36. The monoisotopic (exact) mass is 242 g/mol. The lowest BCUT2D eigenvalue weighted by atomic mass is 10.0. The Morgan fingerprint density at radius 1 is 1.62 bits per heavy atom. The van der Waals surface area contributed by atoms with Gasteiger partial charge in [-0.15, -0.1) is 0 Å². The van der Waals surface area contributed by atoms with Gasteiger partial charge in [0.2, 0.25) is 0 Å². The van der Waals surface area contributed by atoms with Crippen molar-refractivity contribution in [3.8, 4) is 5.75 Å². The van der Waals surface area contributed by atoms with Gasteiger partial charge in [0.15, 0.2) is 6.10 Å². The van der Waals surface area contributed by atoms with Crippen molar-refractivity contribution in [1.82, 2.24) is 0 Å². The molecule has 4 nitrogen and oxygen atoms in total. The van der Waals surface area contributed by atoms with Crippen molar-refractivity contribution in [1.29, 1.82) is 0 Å². The second-order valence-corrected chi connectivity index (χ2v) is 4.29. The van der Waals surface area contributed by atoms with E-state index in [4.69, 9.17) is 21.4 Å². The van der Waals surface area contributed by atoms with Crippen LogP contribution >= 0.6 is 11.6 Å². The maximum atomic E-state index is 10.7. The maximum Gasteiger partial charge on any atom is 0.337 e. The summed E-state index contributed by atoms with van der Waals surface area (Å²) in [7, 11) is 0. The van der Waals surface area contributed by atoms with E-state index >= 15 is 0 Å². The van der Waals surface area contributed by atoms with Crippen LogP contribution in [0, 0.1) is 0 Å². The molecular weight excluding hydrogens is 232 g/mol. The van der Waals surface area contributed by atoms with E-state index in [2.05, 4.69) is 0 Å².